The number of carbonyl (C=O) groups is 3. The number of aromatic hydroxyl groups is 1. The van der Waals surface area contributed by atoms with Gasteiger partial charge in [0.2, 0.25) is 0 Å². The number of esters is 3. The van der Waals surface area contributed by atoms with E-state index in [0.29, 0.717) is 11.3 Å². The van der Waals surface area contributed by atoms with Gasteiger partial charge in [-0.3, -0.25) is 4.79 Å². The van der Waals surface area contributed by atoms with Gasteiger partial charge in [0.15, 0.2) is 11.5 Å². The summed E-state index contributed by atoms with van der Waals surface area (Å²) >= 11 is 0. The minimum Gasteiger partial charge on any atom is -0.504 e. The van der Waals surface area contributed by atoms with Crippen molar-refractivity contribution in [3.05, 3.63) is 82.9 Å². The van der Waals surface area contributed by atoms with E-state index >= 15 is 0 Å². The molecule has 0 aliphatic carbocycles. The van der Waals surface area contributed by atoms with Crippen molar-refractivity contribution in [1.29, 1.82) is 0 Å². The van der Waals surface area contributed by atoms with Crippen molar-refractivity contribution in [2.24, 2.45) is 0 Å². The highest BCUT2D eigenvalue weighted by Crippen LogP contribution is 2.32. The molecule has 1 N–H and O–H groups in total. The molecule has 0 aromatic heterocycles. The van der Waals surface area contributed by atoms with Gasteiger partial charge in [-0.05, 0) is 67.4 Å². The third kappa shape index (κ3) is 5.48. The zero-order valence-electron chi connectivity index (χ0n) is 17.2. The molecule has 3 aromatic carbocycles. The molecule has 0 unspecified atom stereocenters. The molecule has 7 heteroatoms. The smallest absolute Gasteiger partial charge is 0.345 e. The highest BCUT2D eigenvalue weighted by molar-refractivity contribution is 5.97. The fourth-order valence-electron chi connectivity index (χ4n) is 2.76. The third-order valence-electron chi connectivity index (χ3n) is 4.29. The van der Waals surface area contributed by atoms with Crippen molar-refractivity contribution in [1.82, 2.24) is 0 Å². The van der Waals surface area contributed by atoms with Crippen molar-refractivity contribution in [2.45, 2.75) is 20.8 Å². The van der Waals surface area contributed by atoms with Crippen molar-refractivity contribution < 1.29 is 33.7 Å². The largest absolute Gasteiger partial charge is 0.504 e. The third-order valence-corrected chi connectivity index (χ3v) is 4.29. The second-order valence-corrected chi connectivity index (χ2v) is 6.85. The Balaban J connectivity index is 1.80. The first-order valence-electron chi connectivity index (χ1n) is 9.36. The molecule has 3 rings (SSSR count). The lowest BCUT2D eigenvalue weighted by Crippen LogP contribution is -2.12. The topological polar surface area (TPSA) is 99.1 Å². The maximum absolute atomic E-state index is 12.7. The Labute approximate surface area is 178 Å². The molecule has 0 spiro atoms. The first-order valence-corrected chi connectivity index (χ1v) is 9.36. The predicted molar refractivity (Wildman–Crippen MR) is 112 cm³/mol. The summed E-state index contributed by atoms with van der Waals surface area (Å²) in [4.78, 5) is 35.5. The number of ether oxygens (including phenoxy) is 3. The summed E-state index contributed by atoms with van der Waals surface area (Å²) in [6.07, 6.45) is 0. The first kappa shape index (κ1) is 21.6. The van der Waals surface area contributed by atoms with Crippen LogP contribution in [0.2, 0.25) is 0 Å². The van der Waals surface area contributed by atoms with Crippen LogP contribution in [0, 0.1) is 13.8 Å². The molecule has 0 aliphatic heterocycles. The molecule has 158 valence electrons. The van der Waals surface area contributed by atoms with E-state index in [1.54, 1.807) is 37.3 Å². The fraction of sp³-hybridized carbons (Fsp3) is 0.125. The molecule has 31 heavy (non-hydrogen) atoms. The minimum absolute atomic E-state index is 0.0148. The second kappa shape index (κ2) is 9.13. The molecule has 0 bridgehead atoms. The quantitative estimate of drug-likeness (QED) is 0.362. The SMILES string of the molecule is CC(=O)OC(=O)c1cccc(OC(=O)c2cc(Oc3ccc(C)cc3O)ccc2C)c1. The van der Waals surface area contributed by atoms with Crippen LogP contribution < -0.4 is 9.47 Å². The summed E-state index contributed by atoms with van der Waals surface area (Å²) in [5.41, 5.74) is 1.86. The van der Waals surface area contributed by atoms with Gasteiger partial charge >= 0.3 is 17.9 Å². The Hall–Kier alpha value is -4.13. The Morgan fingerprint density at radius 2 is 1.61 bits per heavy atom. The van der Waals surface area contributed by atoms with Crippen LogP contribution in [0.4, 0.5) is 0 Å². The number of carbonyl (C=O) groups excluding carboxylic acids is 3. The summed E-state index contributed by atoms with van der Waals surface area (Å²) in [6.45, 7) is 4.71. The summed E-state index contributed by atoms with van der Waals surface area (Å²) < 4.78 is 15.6. The number of aryl methyl sites for hydroxylation is 2. The van der Waals surface area contributed by atoms with Crippen LogP contribution in [0.1, 0.15) is 38.8 Å². The Kier molecular flexibility index (Phi) is 6.35. The Morgan fingerprint density at radius 3 is 2.32 bits per heavy atom. The lowest BCUT2D eigenvalue weighted by molar-refractivity contribution is -0.135. The normalized spacial score (nSPS) is 10.3. The van der Waals surface area contributed by atoms with Crippen LogP contribution in [0.3, 0.4) is 0 Å². The summed E-state index contributed by atoms with van der Waals surface area (Å²) in [7, 11) is 0. The number of phenols is 1. The van der Waals surface area contributed by atoms with E-state index in [4.69, 9.17) is 9.47 Å². The van der Waals surface area contributed by atoms with Crippen LogP contribution in [-0.2, 0) is 9.53 Å². The predicted octanol–water partition coefficient (Wildman–Crippen LogP) is 4.72. The van der Waals surface area contributed by atoms with Gasteiger partial charge in [-0.15, -0.1) is 0 Å². The average molecular weight is 420 g/mol. The molecule has 0 atom stereocenters. The van der Waals surface area contributed by atoms with E-state index in [0.717, 1.165) is 12.5 Å². The monoisotopic (exact) mass is 420 g/mol. The van der Waals surface area contributed by atoms with Crippen LogP contribution in [0.5, 0.6) is 23.0 Å². The van der Waals surface area contributed by atoms with Crippen LogP contribution >= 0.6 is 0 Å². The molecular formula is C24H20O7. The van der Waals surface area contributed by atoms with E-state index in [1.165, 1.54) is 30.3 Å². The van der Waals surface area contributed by atoms with Gasteiger partial charge in [0.25, 0.3) is 0 Å². The fourth-order valence-corrected chi connectivity index (χ4v) is 2.76. The second-order valence-electron chi connectivity index (χ2n) is 6.85. The lowest BCUT2D eigenvalue weighted by Gasteiger charge is -2.12. The first-order chi connectivity index (χ1) is 14.7. The van der Waals surface area contributed by atoms with Gasteiger partial charge in [-0.25, -0.2) is 9.59 Å². The lowest BCUT2D eigenvalue weighted by atomic mass is 10.1. The van der Waals surface area contributed by atoms with Gasteiger partial charge in [0, 0.05) is 6.92 Å². The van der Waals surface area contributed by atoms with Gasteiger partial charge in [0.05, 0.1) is 11.1 Å². The Morgan fingerprint density at radius 1 is 0.839 bits per heavy atom. The molecule has 0 saturated carbocycles. The maximum Gasteiger partial charge on any atom is 0.345 e. The van der Waals surface area contributed by atoms with Crippen molar-refractivity contribution in [2.75, 3.05) is 0 Å². The van der Waals surface area contributed by atoms with Crippen molar-refractivity contribution in [3.8, 4) is 23.0 Å². The van der Waals surface area contributed by atoms with Crippen LogP contribution in [0.15, 0.2) is 60.7 Å². The van der Waals surface area contributed by atoms with E-state index in [9.17, 15) is 19.5 Å². The highest BCUT2D eigenvalue weighted by Gasteiger charge is 2.16. The van der Waals surface area contributed by atoms with Crippen LogP contribution in [-0.4, -0.2) is 23.0 Å². The zero-order chi connectivity index (χ0) is 22.5. The van der Waals surface area contributed by atoms with Gasteiger partial charge in [0.1, 0.15) is 11.5 Å². The number of hydrogen-bond acceptors (Lipinski definition) is 7. The maximum atomic E-state index is 12.7. The van der Waals surface area contributed by atoms with E-state index in [2.05, 4.69) is 4.74 Å². The minimum atomic E-state index is -0.838. The van der Waals surface area contributed by atoms with Gasteiger partial charge in [-0.2, -0.15) is 0 Å². The number of benzene rings is 3. The standard InChI is InChI=1S/C24H20O7/c1-14-7-10-22(21(26)11-14)30-19-9-8-15(2)20(13-19)24(28)31-18-6-4-5-17(12-18)23(27)29-16(3)25/h4-13,26H,1-3H3. The molecule has 0 amide bonds. The van der Waals surface area contributed by atoms with Crippen molar-refractivity contribution in [3.63, 3.8) is 0 Å². The summed E-state index contributed by atoms with van der Waals surface area (Å²) in [5.74, 6) is -1.53. The number of rotatable bonds is 5. The number of phenolic OH excluding ortho intramolecular Hbond substituents is 1. The molecular weight excluding hydrogens is 400 g/mol. The molecule has 0 fully saturated rings. The van der Waals surface area contributed by atoms with Gasteiger partial charge < -0.3 is 19.3 Å². The van der Waals surface area contributed by atoms with E-state index < -0.39 is 17.9 Å². The van der Waals surface area contributed by atoms with Crippen LogP contribution in [0.25, 0.3) is 0 Å². The highest BCUT2D eigenvalue weighted by atomic mass is 16.6. The summed E-state index contributed by atoms with van der Waals surface area (Å²) in [6, 6.07) is 15.6. The molecule has 0 aliphatic rings. The zero-order valence-corrected chi connectivity index (χ0v) is 17.2. The van der Waals surface area contributed by atoms with Gasteiger partial charge in [-0.1, -0.05) is 18.2 Å². The molecule has 0 heterocycles. The molecule has 3 aromatic rings. The molecule has 7 nitrogen and oxygen atoms in total. The van der Waals surface area contributed by atoms with Crippen molar-refractivity contribution >= 4 is 17.9 Å². The molecule has 0 radical (unpaired) electrons. The number of hydrogen-bond donors (Lipinski definition) is 1. The van der Waals surface area contributed by atoms with E-state index in [-0.39, 0.29) is 28.4 Å². The summed E-state index contributed by atoms with van der Waals surface area (Å²) in [5, 5.41) is 10.0. The van der Waals surface area contributed by atoms with E-state index in [1.807, 2.05) is 6.92 Å². The molecule has 0 saturated heterocycles. The average Bonchev–Trinajstić information content (AvgIpc) is 2.71. The Bertz CT molecular complexity index is 1160.